The Kier molecular flexibility index (Phi) is 10.9. The molecule has 1 saturated carbocycles. The second kappa shape index (κ2) is 14.6. The molecule has 0 spiro atoms. The molecule has 4 aromatic rings. The fourth-order valence-electron chi connectivity index (χ4n) is 6.36. The Labute approximate surface area is 263 Å². The number of pyridine rings is 1. The molecule has 0 radical (unpaired) electrons. The fourth-order valence-corrected chi connectivity index (χ4v) is 6.36. The molecule has 1 aliphatic rings. The first-order chi connectivity index (χ1) is 21.2. The molecular weight excluding hydrogens is 542 g/mol. The molecule has 6 heteroatoms. The van der Waals surface area contributed by atoms with Crippen molar-refractivity contribution in [2.45, 2.75) is 92.5 Å². The van der Waals surface area contributed by atoms with Crippen LogP contribution in [0, 0.1) is 25.7 Å². The normalized spacial score (nSPS) is 17.5. The highest BCUT2D eigenvalue weighted by Gasteiger charge is 2.25. The number of aldehydes is 1. The van der Waals surface area contributed by atoms with Crippen LogP contribution in [0.4, 0.5) is 0 Å². The molecule has 1 unspecified atom stereocenters. The molecule has 3 heterocycles. The zero-order valence-electron chi connectivity index (χ0n) is 27.7. The Morgan fingerprint density at radius 2 is 1.77 bits per heavy atom. The second-order valence-electron chi connectivity index (χ2n) is 12.2. The Balaban J connectivity index is 0.00000216. The highest BCUT2D eigenvalue weighted by atomic mass is 16.1. The first-order valence-corrected chi connectivity index (χ1v) is 16.2. The van der Waals surface area contributed by atoms with Crippen LogP contribution >= 0.6 is 0 Å². The zero-order chi connectivity index (χ0) is 32.0. The number of hydrogen-bond acceptors (Lipinski definition) is 4. The van der Waals surface area contributed by atoms with Crippen LogP contribution in [0.15, 0.2) is 73.5 Å². The van der Waals surface area contributed by atoms with Crippen molar-refractivity contribution in [2.75, 3.05) is 0 Å². The molecular formula is C38H49N5O. The predicted molar refractivity (Wildman–Crippen MR) is 183 cm³/mol. The van der Waals surface area contributed by atoms with E-state index in [1.54, 1.807) is 6.08 Å². The van der Waals surface area contributed by atoms with Crippen LogP contribution < -0.4 is 0 Å². The van der Waals surface area contributed by atoms with Crippen molar-refractivity contribution in [1.82, 2.24) is 24.5 Å². The molecule has 1 aliphatic carbocycles. The quantitative estimate of drug-likeness (QED) is 0.136. The SMILES string of the molecule is C=C/C=C\C(=C)C(C)Cn1cc2c(-c3nn(-c4ccc(C5CCC(C=O)CC5)nc4C)c(C)c3C(C)C)cccc2n1.CC. The molecule has 0 bridgehead atoms. The van der Waals surface area contributed by atoms with Crippen LogP contribution in [0.5, 0.6) is 0 Å². The Morgan fingerprint density at radius 3 is 2.41 bits per heavy atom. The molecule has 0 N–H and O–H groups in total. The van der Waals surface area contributed by atoms with Crippen molar-refractivity contribution in [1.29, 1.82) is 0 Å². The number of aryl methyl sites for hydroxylation is 1. The number of fused-ring (bicyclic) bond motifs is 1. The van der Waals surface area contributed by atoms with Gasteiger partial charge in [0, 0.05) is 58.4 Å². The first kappa shape index (κ1) is 32.8. The molecule has 1 aromatic carbocycles. The topological polar surface area (TPSA) is 65.6 Å². The van der Waals surface area contributed by atoms with Crippen LogP contribution in [0.1, 0.15) is 94.8 Å². The van der Waals surface area contributed by atoms with Gasteiger partial charge in [-0.05, 0) is 63.6 Å². The molecule has 5 rings (SSSR count). The molecule has 3 aromatic heterocycles. The van der Waals surface area contributed by atoms with Gasteiger partial charge in [-0.25, -0.2) is 4.68 Å². The summed E-state index contributed by atoms with van der Waals surface area (Å²) >= 11 is 0. The van der Waals surface area contributed by atoms with Gasteiger partial charge in [0.1, 0.15) is 6.29 Å². The zero-order valence-corrected chi connectivity index (χ0v) is 27.7. The lowest BCUT2D eigenvalue weighted by Gasteiger charge is -2.25. The van der Waals surface area contributed by atoms with Gasteiger partial charge in [0.15, 0.2) is 0 Å². The Bertz CT molecular complexity index is 1650. The van der Waals surface area contributed by atoms with E-state index < -0.39 is 0 Å². The third-order valence-corrected chi connectivity index (χ3v) is 8.82. The van der Waals surface area contributed by atoms with Crippen LogP contribution in [0.25, 0.3) is 27.8 Å². The van der Waals surface area contributed by atoms with Crippen molar-refractivity contribution in [2.24, 2.45) is 11.8 Å². The van der Waals surface area contributed by atoms with E-state index in [9.17, 15) is 4.79 Å². The average molecular weight is 592 g/mol. The van der Waals surface area contributed by atoms with E-state index in [2.05, 4.69) is 89.0 Å². The smallest absolute Gasteiger partial charge is 0.123 e. The Hall–Kier alpha value is -4.06. The van der Waals surface area contributed by atoms with Crippen molar-refractivity contribution in [3.8, 4) is 16.9 Å². The number of allylic oxidation sites excluding steroid dienone is 4. The average Bonchev–Trinajstić information content (AvgIpc) is 3.60. The van der Waals surface area contributed by atoms with E-state index in [-0.39, 0.29) is 11.8 Å². The molecule has 0 saturated heterocycles. The van der Waals surface area contributed by atoms with E-state index in [1.165, 1.54) is 5.56 Å². The second-order valence-corrected chi connectivity index (χ2v) is 12.2. The van der Waals surface area contributed by atoms with Gasteiger partial charge in [-0.2, -0.15) is 10.2 Å². The van der Waals surface area contributed by atoms with E-state index >= 15 is 0 Å². The first-order valence-electron chi connectivity index (χ1n) is 16.2. The molecule has 6 nitrogen and oxygen atoms in total. The number of aromatic nitrogens is 5. The van der Waals surface area contributed by atoms with E-state index in [0.29, 0.717) is 11.8 Å². The fraction of sp³-hybridized carbons (Fsp3) is 0.421. The number of benzene rings is 1. The number of carbonyl (C=O) groups excluding carboxylic acids is 1. The minimum Gasteiger partial charge on any atom is -0.303 e. The maximum atomic E-state index is 11.2. The van der Waals surface area contributed by atoms with Crippen molar-refractivity contribution < 1.29 is 4.79 Å². The predicted octanol–water partition coefficient (Wildman–Crippen LogP) is 9.46. The van der Waals surface area contributed by atoms with Gasteiger partial charge in [0.2, 0.25) is 0 Å². The van der Waals surface area contributed by atoms with Gasteiger partial charge in [0.25, 0.3) is 0 Å². The third kappa shape index (κ3) is 6.85. The number of hydrogen-bond donors (Lipinski definition) is 0. The summed E-state index contributed by atoms with van der Waals surface area (Å²) in [5, 5.41) is 11.3. The highest BCUT2D eigenvalue weighted by molar-refractivity contribution is 5.94. The molecule has 1 atom stereocenters. The summed E-state index contributed by atoms with van der Waals surface area (Å²) in [6.45, 7) is 23.6. The van der Waals surface area contributed by atoms with Crippen LogP contribution in [0.3, 0.4) is 0 Å². The number of carbonyl (C=O) groups is 1. The highest BCUT2D eigenvalue weighted by Crippen LogP contribution is 2.38. The summed E-state index contributed by atoms with van der Waals surface area (Å²) in [6.07, 6.45) is 12.9. The lowest BCUT2D eigenvalue weighted by molar-refractivity contribution is -0.111. The maximum absolute atomic E-state index is 11.2. The van der Waals surface area contributed by atoms with Gasteiger partial charge < -0.3 is 4.79 Å². The van der Waals surface area contributed by atoms with Crippen LogP contribution in [-0.4, -0.2) is 30.8 Å². The van der Waals surface area contributed by atoms with Crippen molar-refractivity contribution in [3.05, 3.63) is 96.1 Å². The summed E-state index contributed by atoms with van der Waals surface area (Å²) in [5.41, 5.74) is 9.58. The Morgan fingerprint density at radius 1 is 1.05 bits per heavy atom. The van der Waals surface area contributed by atoms with E-state index in [0.717, 1.165) is 89.0 Å². The maximum Gasteiger partial charge on any atom is 0.123 e. The summed E-state index contributed by atoms with van der Waals surface area (Å²) < 4.78 is 4.10. The van der Waals surface area contributed by atoms with E-state index in [4.69, 9.17) is 15.2 Å². The van der Waals surface area contributed by atoms with Crippen molar-refractivity contribution >= 4 is 17.2 Å². The van der Waals surface area contributed by atoms with Crippen molar-refractivity contribution in [3.63, 3.8) is 0 Å². The molecule has 1 fully saturated rings. The van der Waals surface area contributed by atoms with Gasteiger partial charge in [-0.3, -0.25) is 9.67 Å². The monoisotopic (exact) mass is 591 g/mol. The van der Waals surface area contributed by atoms with Crippen LogP contribution in [-0.2, 0) is 11.3 Å². The molecule has 0 aliphatic heterocycles. The summed E-state index contributed by atoms with van der Waals surface area (Å²) in [4.78, 5) is 16.3. The van der Waals surface area contributed by atoms with Gasteiger partial charge in [0.05, 0.1) is 22.6 Å². The van der Waals surface area contributed by atoms with Crippen LogP contribution in [0.2, 0.25) is 0 Å². The van der Waals surface area contributed by atoms with Gasteiger partial charge in [-0.1, -0.05) is 83.7 Å². The molecule has 0 amide bonds. The number of nitrogens with zero attached hydrogens (tertiary/aromatic N) is 5. The number of rotatable bonds is 10. The van der Waals surface area contributed by atoms with Gasteiger partial charge in [-0.15, -0.1) is 0 Å². The van der Waals surface area contributed by atoms with Gasteiger partial charge >= 0.3 is 0 Å². The molecule has 44 heavy (non-hydrogen) atoms. The third-order valence-electron chi connectivity index (χ3n) is 8.82. The summed E-state index contributed by atoms with van der Waals surface area (Å²) in [6, 6.07) is 10.6. The minimum atomic E-state index is 0.208. The summed E-state index contributed by atoms with van der Waals surface area (Å²) in [5.74, 6) is 1.16. The lowest BCUT2D eigenvalue weighted by Crippen LogP contribution is -2.15. The van der Waals surface area contributed by atoms with E-state index in [1.807, 2.05) is 30.7 Å². The standard InChI is InChI=1S/C36H43N5O.C2H6/c1-8-9-11-24(4)25(5)20-40-21-31-30(12-10-13-33(31)38-40)36-35(23(2)3)27(7)41(39-36)34-19-18-32(37-26(34)6)29-16-14-28(22-42)15-17-29;1-2/h8-13,18-19,21-23,25,28-29H,1,4,14-17,20H2,2-3,5-7H3;1-2H3/b11-9-;. The summed E-state index contributed by atoms with van der Waals surface area (Å²) in [7, 11) is 0. The lowest BCUT2D eigenvalue weighted by atomic mass is 9.81. The molecule has 232 valence electrons. The minimum absolute atomic E-state index is 0.208. The largest absolute Gasteiger partial charge is 0.303 e.